The third kappa shape index (κ3) is 1.88. The minimum absolute atomic E-state index is 0.525. The number of benzene rings is 1. The number of ether oxygens (including phenoxy) is 1. The Kier molecular flexibility index (Phi) is 2.80. The van der Waals surface area contributed by atoms with E-state index in [2.05, 4.69) is 17.1 Å². The van der Waals surface area contributed by atoms with Crippen LogP contribution in [0.15, 0.2) is 24.5 Å². The molecule has 0 fully saturated rings. The van der Waals surface area contributed by atoms with Crippen LogP contribution < -0.4 is 10.5 Å². The number of imidazole rings is 1. The predicted molar refractivity (Wildman–Crippen MR) is 69.5 cm³/mol. The van der Waals surface area contributed by atoms with Gasteiger partial charge in [0.1, 0.15) is 11.6 Å². The van der Waals surface area contributed by atoms with Gasteiger partial charge in [0.25, 0.3) is 0 Å². The average Bonchev–Trinajstić information content (AvgIpc) is 2.98. The monoisotopic (exact) mass is 243 g/mol. The lowest BCUT2D eigenvalue weighted by Crippen LogP contribution is -2.03. The van der Waals surface area contributed by atoms with Crippen LogP contribution in [-0.2, 0) is 26.4 Å². The van der Waals surface area contributed by atoms with Crippen molar-refractivity contribution < 1.29 is 4.74 Å². The van der Waals surface area contributed by atoms with Crippen LogP contribution in [0.2, 0.25) is 0 Å². The predicted octanol–water partition coefficient (Wildman–Crippen LogP) is 1.40. The van der Waals surface area contributed by atoms with E-state index < -0.39 is 0 Å². The second-order valence-corrected chi connectivity index (χ2v) is 4.68. The van der Waals surface area contributed by atoms with Crippen molar-refractivity contribution in [1.29, 1.82) is 0 Å². The SMILES string of the molecule is Cn1ccnc1Cc1cc(CN)c2c(c1)CCO2. The maximum Gasteiger partial charge on any atom is 0.127 e. The molecule has 0 saturated heterocycles. The van der Waals surface area contributed by atoms with E-state index in [-0.39, 0.29) is 0 Å². The number of rotatable bonds is 3. The largest absolute Gasteiger partial charge is 0.493 e. The summed E-state index contributed by atoms with van der Waals surface area (Å²) in [7, 11) is 2.02. The lowest BCUT2D eigenvalue weighted by atomic mass is 10.0. The third-order valence-corrected chi connectivity index (χ3v) is 3.42. The molecule has 1 aromatic heterocycles. The lowest BCUT2D eigenvalue weighted by Gasteiger charge is -2.09. The van der Waals surface area contributed by atoms with Crippen LogP contribution in [0, 0.1) is 0 Å². The van der Waals surface area contributed by atoms with Crippen LogP contribution in [0.25, 0.3) is 0 Å². The molecule has 1 aromatic carbocycles. The Labute approximate surface area is 106 Å². The first-order valence-electron chi connectivity index (χ1n) is 6.21. The van der Waals surface area contributed by atoms with Gasteiger partial charge in [-0.3, -0.25) is 0 Å². The normalized spacial score (nSPS) is 13.4. The molecule has 94 valence electrons. The van der Waals surface area contributed by atoms with Crippen molar-refractivity contribution in [2.45, 2.75) is 19.4 Å². The molecule has 0 bridgehead atoms. The summed E-state index contributed by atoms with van der Waals surface area (Å²) >= 11 is 0. The molecule has 0 saturated carbocycles. The molecule has 4 heteroatoms. The van der Waals surface area contributed by atoms with Crippen molar-refractivity contribution in [3.63, 3.8) is 0 Å². The smallest absolute Gasteiger partial charge is 0.127 e. The van der Waals surface area contributed by atoms with Crippen LogP contribution in [0.4, 0.5) is 0 Å². The molecule has 0 spiro atoms. The molecule has 2 N–H and O–H groups in total. The van der Waals surface area contributed by atoms with Crippen molar-refractivity contribution in [2.75, 3.05) is 6.61 Å². The van der Waals surface area contributed by atoms with E-state index in [1.165, 1.54) is 11.1 Å². The summed E-state index contributed by atoms with van der Waals surface area (Å²) < 4.78 is 7.68. The zero-order chi connectivity index (χ0) is 12.5. The summed E-state index contributed by atoms with van der Waals surface area (Å²) in [5, 5.41) is 0. The van der Waals surface area contributed by atoms with Gasteiger partial charge in [0, 0.05) is 44.4 Å². The fourth-order valence-corrected chi connectivity index (χ4v) is 2.46. The Hall–Kier alpha value is -1.81. The molecule has 0 amide bonds. The third-order valence-electron chi connectivity index (χ3n) is 3.42. The van der Waals surface area contributed by atoms with Crippen LogP contribution in [-0.4, -0.2) is 16.2 Å². The molecular weight excluding hydrogens is 226 g/mol. The molecule has 0 atom stereocenters. The molecule has 0 radical (unpaired) electrons. The summed E-state index contributed by atoms with van der Waals surface area (Å²) in [5.41, 5.74) is 9.44. The van der Waals surface area contributed by atoms with E-state index in [0.29, 0.717) is 6.54 Å². The quantitative estimate of drug-likeness (QED) is 0.886. The Bertz CT molecular complexity index is 574. The minimum Gasteiger partial charge on any atom is -0.493 e. The van der Waals surface area contributed by atoms with Crippen molar-refractivity contribution >= 4 is 0 Å². The molecule has 1 aliphatic rings. The van der Waals surface area contributed by atoms with Crippen molar-refractivity contribution in [2.24, 2.45) is 12.8 Å². The summed E-state index contributed by atoms with van der Waals surface area (Å²) in [5.74, 6) is 2.07. The Balaban J connectivity index is 1.96. The molecule has 0 aliphatic carbocycles. The molecular formula is C14H17N3O. The summed E-state index contributed by atoms with van der Waals surface area (Å²) in [6, 6.07) is 4.36. The summed E-state index contributed by atoms with van der Waals surface area (Å²) in [6.07, 6.45) is 5.62. The standard InChI is InChI=1S/C14H17N3O/c1-17-4-3-16-13(17)8-10-6-11-2-5-18-14(11)12(7-10)9-15/h3-4,6-7H,2,5,8-9,15H2,1H3. The topological polar surface area (TPSA) is 53.1 Å². The fraction of sp³-hybridized carbons (Fsp3) is 0.357. The van der Waals surface area contributed by atoms with E-state index >= 15 is 0 Å². The van der Waals surface area contributed by atoms with Gasteiger partial charge in [-0.05, 0) is 11.1 Å². The van der Waals surface area contributed by atoms with Gasteiger partial charge < -0.3 is 15.0 Å². The van der Waals surface area contributed by atoms with Gasteiger partial charge in [0.2, 0.25) is 0 Å². The number of hydrogen-bond donors (Lipinski definition) is 1. The Morgan fingerprint density at radius 2 is 2.33 bits per heavy atom. The van der Waals surface area contributed by atoms with E-state index in [1.807, 2.05) is 24.0 Å². The summed E-state index contributed by atoms with van der Waals surface area (Å²) in [4.78, 5) is 4.36. The first kappa shape index (κ1) is 11.3. The van der Waals surface area contributed by atoms with Gasteiger partial charge in [0.15, 0.2) is 0 Å². The number of fused-ring (bicyclic) bond motifs is 1. The Morgan fingerprint density at radius 1 is 1.44 bits per heavy atom. The highest BCUT2D eigenvalue weighted by atomic mass is 16.5. The van der Waals surface area contributed by atoms with Crippen molar-refractivity contribution in [3.8, 4) is 5.75 Å². The first-order chi connectivity index (χ1) is 8.78. The van der Waals surface area contributed by atoms with Crippen molar-refractivity contribution in [3.05, 3.63) is 47.0 Å². The van der Waals surface area contributed by atoms with Gasteiger partial charge in [-0.25, -0.2) is 4.98 Å². The van der Waals surface area contributed by atoms with Gasteiger partial charge in [0.05, 0.1) is 6.61 Å². The van der Waals surface area contributed by atoms with Crippen molar-refractivity contribution in [1.82, 2.24) is 9.55 Å². The van der Waals surface area contributed by atoms with E-state index in [4.69, 9.17) is 10.5 Å². The number of aromatic nitrogens is 2. The second kappa shape index (κ2) is 4.46. The highest BCUT2D eigenvalue weighted by Gasteiger charge is 2.17. The maximum atomic E-state index is 5.79. The fourth-order valence-electron chi connectivity index (χ4n) is 2.46. The average molecular weight is 243 g/mol. The Morgan fingerprint density at radius 3 is 3.06 bits per heavy atom. The molecule has 4 nitrogen and oxygen atoms in total. The minimum atomic E-state index is 0.525. The van der Waals surface area contributed by atoms with E-state index in [9.17, 15) is 0 Å². The molecule has 3 rings (SSSR count). The first-order valence-corrected chi connectivity index (χ1v) is 6.21. The molecule has 18 heavy (non-hydrogen) atoms. The van der Waals surface area contributed by atoms with Crippen LogP contribution in [0.5, 0.6) is 5.75 Å². The van der Waals surface area contributed by atoms with Crippen LogP contribution in [0.1, 0.15) is 22.5 Å². The molecule has 1 aliphatic heterocycles. The zero-order valence-electron chi connectivity index (χ0n) is 10.5. The lowest BCUT2D eigenvalue weighted by molar-refractivity contribution is 0.353. The highest BCUT2D eigenvalue weighted by molar-refractivity contribution is 5.47. The van der Waals surface area contributed by atoms with Gasteiger partial charge in [-0.2, -0.15) is 0 Å². The number of aryl methyl sites for hydroxylation is 1. The molecule has 2 aromatic rings. The number of hydrogen-bond acceptors (Lipinski definition) is 3. The highest BCUT2D eigenvalue weighted by Crippen LogP contribution is 2.31. The second-order valence-electron chi connectivity index (χ2n) is 4.68. The van der Waals surface area contributed by atoms with E-state index in [1.54, 1.807) is 0 Å². The van der Waals surface area contributed by atoms with Gasteiger partial charge in [-0.15, -0.1) is 0 Å². The van der Waals surface area contributed by atoms with E-state index in [0.717, 1.165) is 36.6 Å². The summed E-state index contributed by atoms with van der Waals surface area (Å²) in [6.45, 7) is 1.30. The maximum absolute atomic E-state index is 5.79. The molecule has 0 unspecified atom stereocenters. The number of nitrogens with zero attached hydrogens (tertiary/aromatic N) is 2. The molecule has 2 heterocycles. The van der Waals surface area contributed by atoms with Gasteiger partial charge >= 0.3 is 0 Å². The number of nitrogens with two attached hydrogens (primary N) is 1. The van der Waals surface area contributed by atoms with Crippen LogP contribution >= 0.6 is 0 Å². The zero-order valence-corrected chi connectivity index (χ0v) is 10.5. The van der Waals surface area contributed by atoms with Crippen LogP contribution in [0.3, 0.4) is 0 Å². The van der Waals surface area contributed by atoms with Gasteiger partial charge in [-0.1, -0.05) is 12.1 Å².